The van der Waals surface area contributed by atoms with Crippen LogP contribution in [0.4, 0.5) is 0 Å². The van der Waals surface area contributed by atoms with Crippen LogP contribution in [0.5, 0.6) is 0 Å². The summed E-state index contributed by atoms with van der Waals surface area (Å²) in [6, 6.07) is 0. The van der Waals surface area contributed by atoms with E-state index >= 15 is 0 Å². The van der Waals surface area contributed by atoms with E-state index in [1.54, 1.807) is 20.1 Å². The molecule has 15 heavy (non-hydrogen) atoms. The van der Waals surface area contributed by atoms with Gasteiger partial charge in [-0.15, -0.1) is 0 Å². The molecule has 0 bridgehead atoms. The van der Waals surface area contributed by atoms with Crippen molar-refractivity contribution in [2.45, 2.75) is 39.5 Å². The second kappa shape index (κ2) is 5.86. The fourth-order valence-electron chi connectivity index (χ4n) is 2.60. The average molecular weight is 213 g/mol. The predicted octanol–water partition coefficient (Wildman–Crippen LogP) is 3.07. The van der Waals surface area contributed by atoms with Crippen LogP contribution in [0.3, 0.4) is 0 Å². The summed E-state index contributed by atoms with van der Waals surface area (Å²) in [4.78, 5) is 0. The molecule has 2 nitrogen and oxygen atoms in total. The normalized spacial score (nSPS) is 20.8. The molecule has 1 saturated carbocycles. The van der Waals surface area contributed by atoms with Crippen molar-refractivity contribution in [2.75, 3.05) is 27.4 Å². The lowest BCUT2D eigenvalue weighted by Gasteiger charge is -2.39. The number of hydrogen-bond acceptors (Lipinski definition) is 2. The summed E-state index contributed by atoms with van der Waals surface area (Å²) in [7, 11) is 3.56. The van der Waals surface area contributed by atoms with Gasteiger partial charge in [-0.3, -0.25) is 0 Å². The molecular formula is C13H25O2. The first-order valence-electron chi connectivity index (χ1n) is 5.95. The highest BCUT2D eigenvalue weighted by atomic mass is 16.5. The standard InChI is InChI=1S/C13H25O2/c1-11-5-7-12(8-6-11)13(2,9-14-3)10-15-4/h11H,5-10H2,1-4H3. The van der Waals surface area contributed by atoms with Crippen molar-refractivity contribution in [1.82, 2.24) is 0 Å². The zero-order valence-electron chi connectivity index (χ0n) is 10.6. The molecule has 0 aliphatic heterocycles. The Balaban J connectivity index is 2.55. The van der Waals surface area contributed by atoms with Gasteiger partial charge in [0, 0.05) is 19.6 Å². The summed E-state index contributed by atoms with van der Waals surface area (Å²) >= 11 is 0. The molecule has 0 N–H and O–H groups in total. The largest absolute Gasteiger partial charge is 0.384 e. The third kappa shape index (κ3) is 3.46. The molecular weight excluding hydrogens is 188 g/mol. The van der Waals surface area contributed by atoms with E-state index in [1.165, 1.54) is 25.7 Å². The number of methoxy groups -OCH3 is 2. The molecule has 1 aliphatic carbocycles. The Morgan fingerprint density at radius 3 is 2.00 bits per heavy atom. The molecule has 2 heteroatoms. The van der Waals surface area contributed by atoms with Crippen LogP contribution in [-0.2, 0) is 9.47 Å². The minimum absolute atomic E-state index is 0.129. The minimum Gasteiger partial charge on any atom is -0.384 e. The SMILES string of the molecule is COCC(C)(COC)[C]1CCC(C)CC1. The lowest BCUT2D eigenvalue weighted by Crippen LogP contribution is -2.37. The van der Waals surface area contributed by atoms with Crippen LogP contribution in [0.15, 0.2) is 0 Å². The molecule has 0 aromatic rings. The first-order chi connectivity index (χ1) is 7.12. The Morgan fingerprint density at radius 2 is 1.60 bits per heavy atom. The summed E-state index contributed by atoms with van der Waals surface area (Å²) in [5.41, 5.74) is 0.129. The van der Waals surface area contributed by atoms with Gasteiger partial charge < -0.3 is 9.47 Å². The van der Waals surface area contributed by atoms with Crippen LogP contribution < -0.4 is 0 Å². The van der Waals surface area contributed by atoms with Gasteiger partial charge in [-0.05, 0) is 24.7 Å². The van der Waals surface area contributed by atoms with Crippen molar-refractivity contribution in [1.29, 1.82) is 0 Å². The number of ether oxygens (including phenoxy) is 2. The molecule has 0 amide bonds. The number of rotatable bonds is 5. The van der Waals surface area contributed by atoms with Crippen LogP contribution >= 0.6 is 0 Å². The zero-order valence-corrected chi connectivity index (χ0v) is 10.6. The Hall–Kier alpha value is -0.0800. The molecule has 1 rings (SSSR count). The van der Waals surface area contributed by atoms with E-state index in [1.807, 2.05) is 0 Å². The second-order valence-corrected chi connectivity index (χ2v) is 5.21. The first kappa shape index (κ1) is 13.0. The van der Waals surface area contributed by atoms with E-state index in [2.05, 4.69) is 13.8 Å². The highest BCUT2D eigenvalue weighted by Gasteiger charge is 2.36. The van der Waals surface area contributed by atoms with Gasteiger partial charge in [-0.1, -0.05) is 26.7 Å². The van der Waals surface area contributed by atoms with Crippen LogP contribution in [0.25, 0.3) is 0 Å². The molecule has 0 atom stereocenters. The number of hydrogen-bond donors (Lipinski definition) is 0. The van der Waals surface area contributed by atoms with Crippen molar-refractivity contribution in [2.24, 2.45) is 11.3 Å². The van der Waals surface area contributed by atoms with Crippen molar-refractivity contribution >= 4 is 0 Å². The zero-order chi connectivity index (χ0) is 11.3. The highest BCUT2D eigenvalue weighted by Crippen LogP contribution is 2.42. The fraction of sp³-hybridized carbons (Fsp3) is 0.923. The van der Waals surface area contributed by atoms with Crippen molar-refractivity contribution in [3.8, 4) is 0 Å². The molecule has 0 heterocycles. The van der Waals surface area contributed by atoms with Crippen molar-refractivity contribution < 1.29 is 9.47 Å². The summed E-state index contributed by atoms with van der Waals surface area (Å²) in [6.45, 7) is 6.18. The van der Waals surface area contributed by atoms with E-state index < -0.39 is 0 Å². The van der Waals surface area contributed by atoms with Crippen molar-refractivity contribution in [3.63, 3.8) is 0 Å². The fourth-order valence-corrected chi connectivity index (χ4v) is 2.60. The second-order valence-electron chi connectivity index (χ2n) is 5.21. The lowest BCUT2D eigenvalue weighted by molar-refractivity contribution is 0.0215. The maximum absolute atomic E-state index is 5.34. The molecule has 89 valence electrons. The summed E-state index contributed by atoms with van der Waals surface area (Å²) in [5, 5.41) is 0. The summed E-state index contributed by atoms with van der Waals surface area (Å²) in [5.74, 6) is 2.53. The van der Waals surface area contributed by atoms with Gasteiger partial charge in [0.15, 0.2) is 0 Å². The third-order valence-electron chi connectivity index (χ3n) is 3.66. The highest BCUT2D eigenvalue weighted by molar-refractivity contribution is 5.07. The Bertz CT molecular complexity index is 165. The molecule has 0 spiro atoms. The molecule has 1 fully saturated rings. The van der Waals surface area contributed by atoms with Gasteiger partial charge in [-0.25, -0.2) is 0 Å². The monoisotopic (exact) mass is 213 g/mol. The van der Waals surface area contributed by atoms with Gasteiger partial charge in [0.05, 0.1) is 13.2 Å². The van der Waals surface area contributed by atoms with Gasteiger partial charge in [0.25, 0.3) is 0 Å². The average Bonchev–Trinajstić information content (AvgIpc) is 2.19. The topological polar surface area (TPSA) is 18.5 Å². The van der Waals surface area contributed by atoms with Gasteiger partial charge in [0.1, 0.15) is 0 Å². The van der Waals surface area contributed by atoms with E-state index in [9.17, 15) is 0 Å². The maximum atomic E-state index is 5.34. The quantitative estimate of drug-likeness (QED) is 0.698. The Labute approximate surface area is 94.3 Å². The maximum Gasteiger partial charge on any atom is 0.0543 e. The van der Waals surface area contributed by atoms with E-state index in [0.717, 1.165) is 19.1 Å². The van der Waals surface area contributed by atoms with Crippen LogP contribution in [-0.4, -0.2) is 27.4 Å². The van der Waals surface area contributed by atoms with Crippen LogP contribution in [0.1, 0.15) is 39.5 Å². The van der Waals surface area contributed by atoms with Gasteiger partial charge in [0.2, 0.25) is 0 Å². The molecule has 1 radical (unpaired) electrons. The first-order valence-corrected chi connectivity index (χ1v) is 5.95. The third-order valence-corrected chi connectivity index (χ3v) is 3.66. The molecule has 0 aromatic carbocycles. The Morgan fingerprint density at radius 1 is 1.13 bits per heavy atom. The van der Waals surface area contributed by atoms with Gasteiger partial charge >= 0.3 is 0 Å². The summed E-state index contributed by atoms with van der Waals surface area (Å²) in [6.07, 6.45) is 5.17. The Kier molecular flexibility index (Phi) is 5.07. The summed E-state index contributed by atoms with van der Waals surface area (Å²) < 4.78 is 10.7. The lowest BCUT2D eigenvalue weighted by atomic mass is 9.69. The van der Waals surface area contributed by atoms with Gasteiger partial charge in [-0.2, -0.15) is 0 Å². The molecule has 1 aliphatic rings. The molecule has 0 aromatic heterocycles. The van der Waals surface area contributed by atoms with Crippen molar-refractivity contribution in [3.05, 3.63) is 5.92 Å². The minimum atomic E-state index is 0.129. The molecule has 0 saturated heterocycles. The van der Waals surface area contributed by atoms with Crippen LogP contribution in [0.2, 0.25) is 0 Å². The molecule has 0 unspecified atom stereocenters. The van der Waals surface area contributed by atoms with Crippen LogP contribution in [0, 0.1) is 17.3 Å². The van der Waals surface area contributed by atoms with E-state index in [-0.39, 0.29) is 5.41 Å². The smallest absolute Gasteiger partial charge is 0.0543 e. The predicted molar refractivity (Wildman–Crippen MR) is 62.7 cm³/mol. The van der Waals surface area contributed by atoms with E-state index in [0.29, 0.717) is 0 Å². The van der Waals surface area contributed by atoms with E-state index in [4.69, 9.17) is 9.47 Å².